The van der Waals surface area contributed by atoms with Gasteiger partial charge in [0.2, 0.25) is 0 Å². The zero-order valence-corrected chi connectivity index (χ0v) is 11.7. The monoisotopic (exact) mass is 324 g/mol. The van der Waals surface area contributed by atoms with Crippen molar-refractivity contribution in [3.05, 3.63) is 12.2 Å². The molecule has 0 N–H and O–H groups in total. The third kappa shape index (κ3) is 8.90. The minimum atomic E-state index is -0.232. The van der Waals surface area contributed by atoms with Crippen molar-refractivity contribution < 1.29 is 9.53 Å². The molecule has 0 aromatic carbocycles. The molecule has 0 aromatic rings. The van der Waals surface area contributed by atoms with Crippen LogP contribution >= 0.6 is 22.6 Å². The standard InChI is InChI=1S/C12H21IO2/c1-3-15-12(14)11(2)9-7-5-4-6-8-10-13/h2-10H2,1H3. The molecule has 0 rings (SSSR count). The number of carbonyl (C=O) groups excluding carboxylic acids is 1. The number of halogens is 1. The molecular weight excluding hydrogens is 303 g/mol. The third-order valence-electron chi connectivity index (χ3n) is 2.18. The molecule has 0 aliphatic carbocycles. The summed E-state index contributed by atoms with van der Waals surface area (Å²) in [5.41, 5.74) is 0.616. The molecule has 0 aliphatic rings. The fourth-order valence-electron chi connectivity index (χ4n) is 1.30. The van der Waals surface area contributed by atoms with Crippen LogP contribution in [0.5, 0.6) is 0 Å². The molecule has 2 nitrogen and oxygen atoms in total. The van der Waals surface area contributed by atoms with Crippen molar-refractivity contribution >= 4 is 28.6 Å². The van der Waals surface area contributed by atoms with E-state index in [1.807, 2.05) is 6.92 Å². The fourth-order valence-corrected chi connectivity index (χ4v) is 1.84. The quantitative estimate of drug-likeness (QED) is 0.211. The Morgan fingerprint density at radius 2 is 1.80 bits per heavy atom. The van der Waals surface area contributed by atoms with Crippen LogP contribution in [0.4, 0.5) is 0 Å². The highest BCUT2D eigenvalue weighted by atomic mass is 127. The van der Waals surface area contributed by atoms with E-state index in [1.54, 1.807) is 0 Å². The highest BCUT2D eigenvalue weighted by Crippen LogP contribution is 2.11. The molecule has 0 bridgehead atoms. The fraction of sp³-hybridized carbons (Fsp3) is 0.750. The van der Waals surface area contributed by atoms with Crippen LogP contribution in [0.2, 0.25) is 0 Å². The van der Waals surface area contributed by atoms with Gasteiger partial charge in [-0.2, -0.15) is 0 Å². The number of hydrogen-bond acceptors (Lipinski definition) is 2. The van der Waals surface area contributed by atoms with Gasteiger partial charge in [0, 0.05) is 5.57 Å². The van der Waals surface area contributed by atoms with Crippen LogP contribution in [0, 0.1) is 0 Å². The summed E-state index contributed by atoms with van der Waals surface area (Å²) in [5, 5.41) is 0. The van der Waals surface area contributed by atoms with Gasteiger partial charge in [0.1, 0.15) is 0 Å². The Balaban J connectivity index is 3.35. The maximum absolute atomic E-state index is 11.2. The zero-order valence-electron chi connectivity index (χ0n) is 9.56. The molecule has 0 atom stereocenters. The van der Waals surface area contributed by atoms with Gasteiger partial charge in [-0.15, -0.1) is 0 Å². The highest BCUT2D eigenvalue weighted by Gasteiger charge is 2.06. The average Bonchev–Trinajstić information content (AvgIpc) is 2.23. The normalized spacial score (nSPS) is 10.0. The maximum Gasteiger partial charge on any atom is 0.333 e. The van der Waals surface area contributed by atoms with Gasteiger partial charge in [-0.05, 0) is 30.6 Å². The van der Waals surface area contributed by atoms with Crippen molar-refractivity contribution in [3.8, 4) is 0 Å². The summed E-state index contributed by atoms with van der Waals surface area (Å²) in [4.78, 5) is 11.2. The maximum atomic E-state index is 11.2. The summed E-state index contributed by atoms with van der Waals surface area (Å²) in [6, 6.07) is 0. The smallest absolute Gasteiger partial charge is 0.333 e. The molecule has 0 unspecified atom stereocenters. The first-order valence-electron chi connectivity index (χ1n) is 5.63. The molecule has 15 heavy (non-hydrogen) atoms. The molecular formula is C12H21IO2. The number of hydrogen-bond donors (Lipinski definition) is 0. The lowest BCUT2D eigenvalue weighted by Gasteiger charge is -2.04. The van der Waals surface area contributed by atoms with Crippen molar-refractivity contribution in [1.82, 2.24) is 0 Å². The van der Waals surface area contributed by atoms with E-state index >= 15 is 0 Å². The minimum absolute atomic E-state index is 0.232. The second kappa shape index (κ2) is 10.5. The van der Waals surface area contributed by atoms with Crippen LogP contribution in [-0.4, -0.2) is 17.0 Å². The third-order valence-corrected chi connectivity index (χ3v) is 2.94. The zero-order chi connectivity index (χ0) is 11.5. The van der Waals surface area contributed by atoms with E-state index in [4.69, 9.17) is 4.74 Å². The first-order chi connectivity index (χ1) is 7.22. The molecule has 0 aliphatic heterocycles. The summed E-state index contributed by atoms with van der Waals surface area (Å²) in [5.74, 6) is -0.232. The number of alkyl halides is 1. The molecule has 0 radical (unpaired) electrons. The van der Waals surface area contributed by atoms with Crippen LogP contribution in [0.15, 0.2) is 12.2 Å². The molecule has 0 heterocycles. The first kappa shape index (κ1) is 14.9. The number of esters is 1. The van der Waals surface area contributed by atoms with Crippen LogP contribution in [0.25, 0.3) is 0 Å². The first-order valence-corrected chi connectivity index (χ1v) is 7.15. The lowest BCUT2D eigenvalue weighted by atomic mass is 10.1. The predicted octanol–water partition coefficient (Wildman–Crippen LogP) is 3.88. The summed E-state index contributed by atoms with van der Waals surface area (Å²) in [7, 11) is 0. The van der Waals surface area contributed by atoms with Crippen molar-refractivity contribution in [2.75, 3.05) is 11.0 Å². The second-order valence-corrected chi connectivity index (χ2v) is 4.61. The largest absolute Gasteiger partial charge is 0.463 e. The number of ether oxygens (including phenoxy) is 1. The minimum Gasteiger partial charge on any atom is -0.463 e. The lowest BCUT2D eigenvalue weighted by molar-refractivity contribution is -0.138. The van der Waals surface area contributed by atoms with E-state index < -0.39 is 0 Å². The van der Waals surface area contributed by atoms with Crippen molar-refractivity contribution in [1.29, 1.82) is 0 Å². The van der Waals surface area contributed by atoms with Gasteiger partial charge in [-0.1, -0.05) is 48.4 Å². The molecule has 88 valence electrons. The van der Waals surface area contributed by atoms with E-state index in [0.29, 0.717) is 12.2 Å². The van der Waals surface area contributed by atoms with Crippen molar-refractivity contribution in [3.63, 3.8) is 0 Å². The number of carbonyl (C=O) groups is 1. The van der Waals surface area contributed by atoms with Gasteiger partial charge < -0.3 is 4.74 Å². The van der Waals surface area contributed by atoms with Gasteiger partial charge in [0.15, 0.2) is 0 Å². The lowest BCUT2D eigenvalue weighted by Crippen LogP contribution is -2.06. The van der Waals surface area contributed by atoms with E-state index in [9.17, 15) is 4.79 Å². The molecule has 3 heteroatoms. The van der Waals surface area contributed by atoms with Gasteiger partial charge >= 0.3 is 5.97 Å². The van der Waals surface area contributed by atoms with E-state index in [0.717, 1.165) is 12.8 Å². The van der Waals surface area contributed by atoms with Crippen LogP contribution in [0.1, 0.15) is 45.4 Å². The second-order valence-electron chi connectivity index (χ2n) is 3.53. The molecule has 0 saturated heterocycles. The molecule has 0 spiro atoms. The summed E-state index contributed by atoms with van der Waals surface area (Å²) in [6.45, 7) is 5.98. The topological polar surface area (TPSA) is 26.3 Å². The molecule has 0 amide bonds. The predicted molar refractivity (Wildman–Crippen MR) is 72.4 cm³/mol. The Labute approximate surface area is 107 Å². The van der Waals surface area contributed by atoms with Gasteiger partial charge in [-0.3, -0.25) is 0 Å². The van der Waals surface area contributed by atoms with E-state index in [2.05, 4.69) is 29.2 Å². The van der Waals surface area contributed by atoms with Crippen LogP contribution in [0.3, 0.4) is 0 Å². The SMILES string of the molecule is C=C(CCCCCCCI)C(=O)OCC. The van der Waals surface area contributed by atoms with Crippen molar-refractivity contribution in [2.24, 2.45) is 0 Å². The summed E-state index contributed by atoms with van der Waals surface area (Å²) >= 11 is 2.40. The average molecular weight is 324 g/mol. The van der Waals surface area contributed by atoms with E-state index in [1.165, 1.54) is 30.1 Å². The molecule has 0 saturated carbocycles. The Bertz CT molecular complexity index is 190. The Morgan fingerprint density at radius 1 is 1.20 bits per heavy atom. The Hall–Kier alpha value is -0.0600. The number of rotatable bonds is 9. The highest BCUT2D eigenvalue weighted by molar-refractivity contribution is 14.1. The number of unbranched alkanes of at least 4 members (excludes halogenated alkanes) is 4. The molecule has 0 fully saturated rings. The molecule has 0 aromatic heterocycles. The summed E-state index contributed by atoms with van der Waals surface area (Å²) in [6.07, 6.45) is 6.89. The summed E-state index contributed by atoms with van der Waals surface area (Å²) < 4.78 is 6.10. The van der Waals surface area contributed by atoms with E-state index in [-0.39, 0.29) is 5.97 Å². The van der Waals surface area contributed by atoms with Crippen molar-refractivity contribution in [2.45, 2.75) is 45.4 Å². The van der Waals surface area contributed by atoms with Crippen LogP contribution < -0.4 is 0 Å². The Morgan fingerprint density at radius 3 is 2.40 bits per heavy atom. The Kier molecular flexibility index (Phi) is 10.4. The van der Waals surface area contributed by atoms with Gasteiger partial charge in [0.25, 0.3) is 0 Å². The van der Waals surface area contributed by atoms with Crippen LogP contribution in [-0.2, 0) is 9.53 Å². The van der Waals surface area contributed by atoms with Gasteiger partial charge in [-0.25, -0.2) is 4.79 Å². The van der Waals surface area contributed by atoms with Gasteiger partial charge in [0.05, 0.1) is 6.61 Å².